The number of rotatable bonds is 6. The lowest BCUT2D eigenvalue weighted by Gasteiger charge is -2.09. The van der Waals surface area contributed by atoms with Gasteiger partial charge in [0.25, 0.3) is 5.69 Å². The Balaban J connectivity index is 2.75. The minimum absolute atomic E-state index is 0.00670. The van der Waals surface area contributed by atoms with Crippen LogP contribution in [0.5, 0.6) is 0 Å². The number of aromatic nitrogens is 1. The van der Waals surface area contributed by atoms with Gasteiger partial charge >= 0.3 is 0 Å². The number of nitro groups is 1. The van der Waals surface area contributed by atoms with Crippen molar-refractivity contribution in [2.75, 3.05) is 25.1 Å². The largest absolute Gasteiger partial charge is 0.380 e. The molecule has 0 spiro atoms. The van der Waals surface area contributed by atoms with E-state index >= 15 is 0 Å². The van der Waals surface area contributed by atoms with E-state index < -0.39 is 4.92 Å². The molecule has 17 heavy (non-hydrogen) atoms. The maximum atomic E-state index is 10.7. The zero-order valence-corrected chi connectivity index (χ0v) is 11.3. The normalized spacial score (nSPS) is 10.3. The minimum Gasteiger partial charge on any atom is -0.380 e. The van der Waals surface area contributed by atoms with E-state index in [0.29, 0.717) is 35.6 Å². The first-order valence-corrected chi connectivity index (χ1v) is 5.98. The third-order valence-electron chi connectivity index (χ3n) is 2.18. The molecule has 0 atom stereocenters. The van der Waals surface area contributed by atoms with Gasteiger partial charge in [-0.2, -0.15) is 0 Å². The fourth-order valence-electron chi connectivity index (χ4n) is 1.26. The zero-order valence-electron chi connectivity index (χ0n) is 9.70. The van der Waals surface area contributed by atoms with Crippen LogP contribution in [-0.2, 0) is 4.74 Å². The molecule has 0 radical (unpaired) electrons. The molecule has 6 nitrogen and oxygen atoms in total. The topological polar surface area (TPSA) is 77.3 Å². The molecule has 0 fully saturated rings. The highest BCUT2D eigenvalue weighted by Gasteiger charge is 2.16. The van der Waals surface area contributed by atoms with Gasteiger partial charge in [-0.15, -0.1) is 0 Å². The Morgan fingerprint density at radius 3 is 2.94 bits per heavy atom. The van der Waals surface area contributed by atoms with Crippen molar-refractivity contribution >= 4 is 27.4 Å². The number of ether oxygens (including phenoxy) is 1. The van der Waals surface area contributed by atoms with Crippen molar-refractivity contribution in [1.29, 1.82) is 0 Å². The molecule has 1 N–H and O–H groups in total. The standard InChI is InChI=1S/C10H14BrN3O3/c1-3-17-5-4-12-10-9(11)7(2)8(6-13-10)14(15)16/h6H,3-5H2,1-2H3,(H,12,13). The molecule has 0 saturated heterocycles. The van der Waals surface area contributed by atoms with Gasteiger partial charge in [-0.3, -0.25) is 10.1 Å². The first kappa shape index (κ1) is 13.9. The van der Waals surface area contributed by atoms with Crippen LogP contribution < -0.4 is 5.32 Å². The molecular weight excluding hydrogens is 290 g/mol. The molecule has 0 aliphatic heterocycles. The fourth-order valence-corrected chi connectivity index (χ4v) is 1.71. The van der Waals surface area contributed by atoms with Crippen molar-refractivity contribution in [3.8, 4) is 0 Å². The lowest BCUT2D eigenvalue weighted by atomic mass is 10.2. The highest BCUT2D eigenvalue weighted by atomic mass is 79.9. The smallest absolute Gasteiger partial charge is 0.291 e. The van der Waals surface area contributed by atoms with Crippen LogP contribution in [0.2, 0.25) is 0 Å². The number of hydrogen-bond donors (Lipinski definition) is 1. The van der Waals surface area contributed by atoms with E-state index in [1.165, 1.54) is 6.20 Å². The van der Waals surface area contributed by atoms with Gasteiger partial charge in [0.05, 0.1) is 16.0 Å². The van der Waals surface area contributed by atoms with Crippen molar-refractivity contribution in [3.63, 3.8) is 0 Å². The average Bonchev–Trinajstić information content (AvgIpc) is 2.29. The molecule has 0 aliphatic carbocycles. The Labute approximate surface area is 108 Å². The molecule has 0 saturated carbocycles. The van der Waals surface area contributed by atoms with Crippen LogP contribution in [-0.4, -0.2) is 29.7 Å². The molecule has 1 aromatic rings. The summed E-state index contributed by atoms with van der Waals surface area (Å²) in [5.74, 6) is 0.591. The van der Waals surface area contributed by atoms with E-state index in [-0.39, 0.29) is 5.69 Å². The molecule has 94 valence electrons. The van der Waals surface area contributed by atoms with E-state index in [2.05, 4.69) is 26.2 Å². The Bertz CT molecular complexity index is 412. The number of hydrogen-bond acceptors (Lipinski definition) is 5. The summed E-state index contributed by atoms with van der Waals surface area (Å²) < 4.78 is 5.79. The van der Waals surface area contributed by atoms with E-state index in [4.69, 9.17) is 4.74 Å². The molecule has 1 rings (SSSR count). The van der Waals surface area contributed by atoms with Gasteiger partial charge in [0.1, 0.15) is 12.0 Å². The van der Waals surface area contributed by atoms with Crippen LogP contribution in [0.4, 0.5) is 11.5 Å². The molecule has 1 heterocycles. The Morgan fingerprint density at radius 1 is 1.65 bits per heavy atom. The van der Waals surface area contributed by atoms with Crippen LogP contribution in [0.3, 0.4) is 0 Å². The zero-order chi connectivity index (χ0) is 12.8. The maximum Gasteiger partial charge on any atom is 0.291 e. The van der Waals surface area contributed by atoms with Crippen LogP contribution in [0.25, 0.3) is 0 Å². The van der Waals surface area contributed by atoms with Gasteiger partial charge in [0.2, 0.25) is 0 Å². The van der Waals surface area contributed by atoms with Gasteiger partial charge in [0, 0.05) is 18.7 Å². The molecule has 0 unspecified atom stereocenters. The summed E-state index contributed by atoms with van der Waals surface area (Å²) in [6.45, 7) is 5.44. The molecule has 0 aromatic carbocycles. The van der Waals surface area contributed by atoms with Crippen molar-refractivity contribution in [3.05, 3.63) is 26.3 Å². The number of halogens is 1. The SMILES string of the molecule is CCOCCNc1ncc([N+](=O)[O-])c(C)c1Br. The predicted octanol–water partition coefficient (Wildman–Crippen LogP) is 2.51. The van der Waals surface area contributed by atoms with E-state index in [9.17, 15) is 10.1 Å². The fraction of sp³-hybridized carbons (Fsp3) is 0.500. The van der Waals surface area contributed by atoms with Gasteiger partial charge < -0.3 is 10.1 Å². The summed E-state index contributed by atoms with van der Waals surface area (Å²) in [6.07, 6.45) is 1.25. The Kier molecular flexibility index (Phi) is 5.30. The second kappa shape index (κ2) is 6.51. The highest BCUT2D eigenvalue weighted by Crippen LogP contribution is 2.30. The van der Waals surface area contributed by atoms with Gasteiger partial charge in [-0.1, -0.05) is 0 Å². The molecule has 0 amide bonds. The molecule has 7 heteroatoms. The predicted molar refractivity (Wildman–Crippen MR) is 68.3 cm³/mol. The monoisotopic (exact) mass is 303 g/mol. The summed E-state index contributed by atoms with van der Waals surface area (Å²) >= 11 is 3.30. The van der Waals surface area contributed by atoms with Crippen LogP contribution >= 0.6 is 15.9 Å². The Morgan fingerprint density at radius 2 is 2.35 bits per heavy atom. The second-order valence-electron chi connectivity index (χ2n) is 3.31. The lowest BCUT2D eigenvalue weighted by molar-refractivity contribution is -0.385. The van der Waals surface area contributed by atoms with Gasteiger partial charge in [-0.05, 0) is 29.8 Å². The average molecular weight is 304 g/mol. The van der Waals surface area contributed by atoms with Gasteiger partial charge in [0.15, 0.2) is 0 Å². The summed E-state index contributed by atoms with van der Waals surface area (Å²) in [7, 11) is 0. The van der Waals surface area contributed by atoms with E-state index in [0.717, 1.165) is 0 Å². The molecular formula is C10H14BrN3O3. The Hall–Kier alpha value is -1.21. The van der Waals surface area contributed by atoms with Crippen LogP contribution in [0.1, 0.15) is 12.5 Å². The maximum absolute atomic E-state index is 10.7. The van der Waals surface area contributed by atoms with Crippen molar-refractivity contribution < 1.29 is 9.66 Å². The first-order chi connectivity index (χ1) is 8.07. The lowest BCUT2D eigenvalue weighted by Crippen LogP contribution is -2.11. The third-order valence-corrected chi connectivity index (χ3v) is 3.15. The van der Waals surface area contributed by atoms with Crippen molar-refractivity contribution in [2.45, 2.75) is 13.8 Å². The number of anilines is 1. The van der Waals surface area contributed by atoms with Crippen LogP contribution in [0, 0.1) is 17.0 Å². The second-order valence-corrected chi connectivity index (χ2v) is 4.10. The molecule has 0 aliphatic rings. The summed E-state index contributed by atoms with van der Waals surface area (Å²) in [5, 5.41) is 13.7. The number of pyridine rings is 1. The summed E-state index contributed by atoms with van der Waals surface area (Å²) in [5.41, 5.74) is 0.566. The third kappa shape index (κ3) is 3.64. The summed E-state index contributed by atoms with van der Waals surface area (Å²) in [4.78, 5) is 14.2. The van der Waals surface area contributed by atoms with Crippen molar-refractivity contribution in [2.24, 2.45) is 0 Å². The number of nitrogens with zero attached hydrogens (tertiary/aromatic N) is 2. The molecule has 1 aromatic heterocycles. The highest BCUT2D eigenvalue weighted by molar-refractivity contribution is 9.10. The van der Waals surface area contributed by atoms with E-state index in [1.54, 1.807) is 6.92 Å². The number of nitrogens with one attached hydrogen (secondary N) is 1. The van der Waals surface area contributed by atoms with Crippen LogP contribution in [0.15, 0.2) is 10.7 Å². The van der Waals surface area contributed by atoms with E-state index in [1.807, 2.05) is 6.92 Å². The first-order valence-electron chi connectivity index (χ1n) is 5.19. The molecule has 0 bridgehead atoms. The van der Waals surface area contributed by atoms with Gasteiger partial charge in [-0.25, -0.2) is 4.98 Å². The summed E-state index contributed by atoms with van der Waals surface area (Å²) in [6, 6.07) is 0. The quantitative estimate of drug-likeness (QED) is 0.496. The minimum atomic E-state index is -0.447. The van der Waals surface area contributed by atoms with Crippen molar-refractivity contribution in [1.82, 2.24) is 4.98 Å².